The van der Waals surface area contributed by atoms with Crippen molar-refractivity contribution in [3.8, 4) is 11.5 Å². The van der Waals surface area contributed by atoms with Gasteiger partial charge in [-0.15, -0.1) is 0 Å². The predicted octanol–water partition coefficient (Wildman–Crippen LogP) is 3.14. The van der Waals surface area contributed by atoms with E-state index in [-0.39, 0.29) is 16.5 Å². The van der Waals surface area contributed by atoms with Crippen molar-refractivity contribution in [3.05, 3.63) is 66.5 Å². The molecule has 2 unspecified atom stereocenters. The van der Waals surface area contributed by atoms with Crippen LogP contribution in [0.5, 0.6) is 11.5 Å². The second-order valence-electron chi connectivity index (χ2n) is 11.9. The summed E-state index contributed by atoms with van der Waals surface area (Å²) >= 11 is 0. The standard InChI is InChI=1S/C31H40N6O7S/c1-30(2,3)26(28(39)40)31(32,45(41,42)23-10-8-22(43-4)9-11-23)36-27(38)20-7-12-24(25(19-20)44-5)37-17-13-21(14-18-37)35-29-33-15-6-16-34-29/h6-12,15-16,19,21,26H,13-14,17-18,32H2,1-5H3,(H,36,38)(H,39,40)(H,33,34,35). The number of hydrogen-bond donors (Lipinski definition) is 4. The summed E-state index contributed by atoms with van der Waals surface area (Å²) in [7, 11) is -1.77. The quantitative estimate of drug-likeness (QED) is 0.225. The van der Waals surface area contributed by atoms with Crippen LogP contribution in [0.2, 0.25) is 0 Å². The number of benzene rings is 2. The SMILES string of the molecule is COc1ccc(S(=O)(=O)C(N)(NC(=O)c2ccc(N3CCC(Nc4ncccn4)CC3)c(OC)c2)C(C(=O)O)C(C)(C)C)cc1. The van der Waals surface area contributed by atoms with Gasteiger partial charge in [0.05, 0.1) is 24.8 Å². The van der Waals surface area contributed by atoms with Gasteiger partial charge in [0.2, 0.25) is 20.8 Å². The van der Waals surface area contributed by atoms with Gasteiger partial charge < -0.3 is 30.1 Å². The zero-order valence-corrected chi connectivity index (χ0v) is 26.8. The highest BCUT2D eigenvalue weighted by Crippen LogP contribution is 2.39. The molecule has 5 N–H and O–H groups in total. The lowest BCUT2D eigenvalue weighted by molar-refractivity contribution is -0.147. The minimum Gasteiger partial charge on any atom is -0.497 e. The van der Waals surface area contributed by atoms with E-state index in [0.29, 0.717) is 30.5 Å². The molecule has 13 nitrogen and oxygen atoms in total. The van der Waals surface area contributed by atoms with Gasteiger partial charge in [-0.2, -0.15) is 0 Å². The van der Waals surface area contributed by atoms with E-state index in [9.17, 15) is 23.1 Å². The van der Waals surface area contributed by atoms with Gasteiger partial charge in [-0.05, 0) is 66.8 Å². The lowest BCUT2D eigenvalue weighted by Crippen LogP contribution is -2.69. The molecule has 3 aromatic rings. The van der Waals surface area contributed by atoms with Crippen LogP contribution in [-0.4, -0.2) is 73.7 Å². The smallest absolute Gasteiger partial charge is 0.311 e. The summed E-state index contributed by atoms with van der Waals surface area (Å²) in [6, 6.07) is 12.0. The van der Waals surface area contributed by atoms with Crippen molar-refractivity contribution in [1.82, 2.24) is 15.3 Å². The van der Waals surface area contributed by atoms with E-state index < -0.39 is 38.0 Å². The number of amides is 1. The number of ether oxygens (including phenoxy) is 2. The van der Waals surface area contributed by atoms with Crippen LogP contribution in [0, 0.1) is 11.3 Å². The maximum Gasteiger partial charge on any atom is 0.311 e. The fourth-order valence-electron chi connectivity index (χ4n) is 5.59. The van der Waals surface area contributed by atoms with Gasteiger partial charge >= 0.3 is 5.97 Å². The number of anilines is 2. The lowest BCUT2D eigenvalue weighted by Gasteiger charge is -2.41. The number of carbonyl (C=O) groups excluding carboxylic acids is 1. The van der Waals surface area contributed by atoms with Gasteiger partial charge in [-0.1, -0.05) is 20.8 Å². The van der Waals surface area contributed by atoms with Gasteiger partial charge in [0.25, 0.3) is 5.91 Å². The number of sulfone groups is 1. The summed E-state index contributed by atoms with van der Waals surface area (Å²) in [6.07, 6.45) is 4.99. The Balaban J connectivity index is 1.61. The fourth-order valence-corrected chi connectivity index (χ4v) is 7.47. The first-order chi connectivity index (χ1) is 21.2. The third-order valence-corrected chi connectivity index (χ3v) is 9.96. The monoisotopic (exact) mass is 640 g/mol. The molecular weight excluding hydrogens is 600 g/mol. The third kappa shape index (κ3) is 7.12. The number of methoxy groups -OCH3 is 2. The van der Waals surface area contributed by atoms with Crippen molar-refractivity contribution in [1.29, 1.82) is 0 Å². The van der Waals surface area contributed by atoms with Crippen LogP contribution in [0.1, 0.15) is 44.0 Å². The summed E-state index contributed by atoms with van der Waals surface area (Å²) in [5.74, 6) is -2.73. The molecule has 242 valence electrons. The molecule has 14 heteroatoms. The van der Waals surface area contributed by atoms with Crippen LogP contribution >= 0.6 is 0 Å². The van der Waals surface area contributed by atoms with Crippen molar-refractivity contribution in [2.24, 2.45) is 17.1 Å². The minimum atomic E-state index is -4.67. The van der Waals surface area contributed by atoms with E-state index in [1.165, 1.54) is 50.6 Å². The van der Waals surface area contributed by atoms with E-state index in [2.05, 4.69) is 25.5 Å². The summed E-state index contributed by atoms with van der Waals surface area (Å²) in [5.41, 5.74) is 6.17. The summed E-state index contributed by atoms with van der Waals surface area (Å²) < 4.78 is 38.8. The Morgan fingerprint density at radius 2 is 1.64 bits per heavy atom. The van der Waals surface area contributed by atoms with Crippen molar-refractivity contribution < 1.29 is 32.6 Å². The number of aliphatic carboxylic acids is 1. The van der Waals surface area contributed by atoms with Crippen LogP contribution in [0.4, 0.5) is 11.6 Å². The van der Waals surface area contributed by atoms with Gasteiger partial charge in [0.15, 0.2) is 0 Å². The highest BCUT2D eigenvalue weighted by atomic mass is 32.2. The number of nitrogens with two attached hydrogens (primary N) is 1. The molecule has 4 rings (SSSR count). The lowest BCUT2D eigenvalue weighted by atomic mass is 9.78. The Kier molecular flexibility index (Phi) is 9.88. The van der Waals surface area contributed by atoms with Gasteiger partial charge in [-0.25, -0.2) is 18.4 Å². The summed E-state index contributed by atoms with van der Waals surface area (Å²) in [5, 5.41) is 16.0. The number of aromatic nitrogens is 2. The van der Waals surface area contributed by atoms with Crippen LogP contribution in [0.15, 0.2) is 65.8 Å². The number of carbonyl (C=O) groups is 2. The molecule has 0 bridgehead atoms. The zero-order valence-electron chi connectivity index (χ0n) is 26.0. The van der Waals surface area contributed by atoms with Gasteiger partial charge in [0, 0.05) is 37.1 Å². The number of hydrogen-bond acceptors (Lipinski definition) is 11. The number of nitrogens with zero attached hydrogens (tertiary/aromatic N) is 3. The van der Waals surface area contributed by atoms with Crippen molar-refractivity contribution in [2.75, 3.05) is 37.5 Å². The van der Waals surface area contributed by atoms with E-state index in [1.54, 1.807) is 45.3 Å². The van der Waals surface area contributed by atoms with Gasteiger partial charge in [0.1, 0.15) is 17.4 Å². The zero-order chi connectivity index (χ0) is 33.0. The first kappa shape index (κ1) is 33.5. The molecule has 1 fully saturated rings. The van der Waals surface area contributed by atoms with Crippen LogP contribution in [0.25, 0.3) is 0 Å². The number of rotatable bonds is 11. The molecule has 2 heterocycles. The van der Waals surface area contributed by atoms with Crippen LogP contribution in [-0.2, 0) is 14.6 Å². The topological polar surface area (TPSA) is 186 Å². The summed E-state index contributed by atoms with van der Waals surface area (Å²) in [6.45, 7) is 6.04. The molecule has 45 heavy (non-hydrogen) atoms. The Hall–Kier alpha value is -4.43. The first-order valence-electron chi connectivity index (χ1n) is 14.4. The predicted molar refractivity (Wildman–Crippen MR) is 169 cm³/mol. The molecular formula is C31H40N6O7S. The van der Waals surface area contributed by atoms with Crippen LogP contribution in [0.3, 0.4) is 0 Å². The normalized spacial score (nSPS) is 16.3. The van der Waals surface area contributed by atoms with E-state index in [4.69, 9.17) is 15.2 Å². The molecule has 1 aromatic heterocycles. The Bertz CT molecular complexity index is 1610. The number of carboxylic acids is 1. The van der Waals surface area contributed by atoms with Gasteiger partial charge in [-0.3, -0.25) is 15.3 Å². The largest absolute Gasteiger partial charge is 0.497 e. The van der Waals surface area contributed by atoms with Crippen molar-refractivity contribution >= 4 is 33.3 Å². The number of nitrogens with one attached hydrogen (secondary N) is 2. The molecule has 0 radical (unpaired) electrons. The molecule has 1 aliphatic heterocycles. The molecule has 1 saturated heterocycles. The van der Waals surface area contributed by atoms with Crippen molar-refractivity contribution in [2.45, 2.75) is 49.5 Å². The third-order valence-electron chi connectivity index (χ3n) is 7.84. The molecule has 1 aliphatic rings. The molecule has 0 saturated carbocycles. The van der Waals surface area contributed by atoms with E-state index >= 15 is 0 Å². The summed E-state index contributed by atoms with van der Waals surface area (Å²) in [4.78, 5) is 33.9. The molecule has 2 atom stereocenters. The second kappa shape index (κ2) is 13.3. The molecule has 0 aliphatic carbocycles. The average molecular weight is 641 g/mol. The average Bonchev–Trinajstić information content (AvgIpc) is 3.00. The number of piperidine rings is 1. The number of carboxylic acid groups (broad SMARTS) is 1. The maximum absolute atomic E-state index is 14.1. The Labute approximate surface area is 263 Å². The van der Waals surface area contributed by atoms with E-state index in [1.807, 2.05) is 0 Å². The highest BCUT2D eigenvalue weighted by Gasteiger charge is 2.57. The maximum atomic E-state index is 14.1. The fraction of sp³-hybridized carbons (Fsp3) is 0.419. The van der Waals surface area contributed by atoms with E-state index in [0.717, 1.165) is 18.5 Å². The molecule has 0 spiro atoms. The molecule has 1 amide bonds. The first-order valence-corrected chi connectivity index (χ1v) is 15.9. The Morgan fingerprint density at radius 1 is 1.02 bits per heavy atom. The highest BCUT2D eigenvalue weighted by molar-refractivity contribution is 7.92. The molecule has 2 aromatic carbocycles. The second-order valence-corrected chi connectivity index (χ2v) is 14.1. The van der Waals surface area contributed by atoms with Crippen molar-refractivity contribution in [3.63, 3.8) is 0 Å². The minimum absolute atomic E-state index is 0.0474. The van der Waals surface area contributed by atoms with Crippen LogP contribution < -0.4 is 30.7 Å². The Morgan fingerprint density at radius 3 is 2.18 bits per heavy atom.